The minimum absolute atomic E-state index is 0.00148. The van der Waals surface area contributed by atoms with Crippen molar-refractivity contribution in [2.45, 2.75) is 19.3 Å². The Morgan fingerprint density at radius 2 is 1.81 bits per heavy atom. The van der Waals surface area contributed by atoms with Crippen molar-refractivity contribution in [2.24, 2.45) is 5.92 Å². The van der Waals surface area contributed by atoms with E-state index >= 15 is 0 Å². The number of rotatable bonds is 8. The first-order valence-electron chi connectivity index (χ1n) is 13.6. The van der Waals surface area contributed by atoms with Crippen LogP contribution in [-0.2, 0) is 21.1 Å². The number of pyridine rings is 3. The standard InChI is InChI=1S/C30H25FN8O3S/c1-43(41,42)7-6-16-8-18(10-20(31)9-16)22-14-33-15-25-26(22)37-29(36-25)28-27-24(38-39-28)5-4-23(35-27)19-11-21(13-32-12-19)34-30(40)17-2-3-17/h4-5,8-15,17H,2-3,6-7H2,1H3,(H,34,40)(H,36,37)(H,38,39). The van der Waals surface area contributed by atoms with Crippen LogP contribution in [0.1, 0.15) is 18.4 Å². The smallest absolute Gasteiger partial charge is 0.227 e. The molecule has 0 radical (unpaired) electrons. The van der Waals surface area contributed by atoms with Crippen molar-refractivity contribution in [3.63, 3.8) is 0 Å². The van der Waals surface area contributed by atoms with E-state index in [-0.39, 0.29) is 24.0 Å². The Labute approximate surface area is 245 Å². The molecule has 0 saturated heterocycles. The monoisotopic (exact) mass is 596 g/mol. The maximum Gasteiger partial charge on any atom is 0.227 e. The summed E-state index contributed by atoms with van der Waals surface area (Å²) in [6.45, 7) is 0. The van der Waals surface area contributed by atoms with Crippen LogP contribution in [0.15, 0.2) is 61.2 Å². The fourth-order valence-corrected chi connectivity index (χ4v) is 5.58. The molecule has 1 saturated carbocycles. The number of fused-ring (bicyclic) bond motifs is 2. The molecule has 1 amide bonds. The van der Waals surface area contributed by atoms with E-state index in [2.05, 4.69) is 30.5 Å². The van der Waals surface area contributed by atoms with Crippen molar-refractivity contribution < 1.29 is 17.6 Å². The van der Waals surface area contributed by atoms with Gasteiger partial charge in [-0.25, -0.2) is 22.8 Å². The van der Waals surface area contributed by atoms with E-state index in [1.165, 1.54) is 12.1 Å². The fraction of sp³-hybridized carbons (Fsp3) is 0.200. The molecule has 5 heterocycles. The van der Waals surface area contributed by atoms with Crippen LogP contribution in [0.5, 0.6) is 0 Å². The molecule has 1 aromatic carbocycles. The lowest BCUT2D eigenvalue weighted by atomic mass is 10.0. The molecule has 13 heteroatoms. The maximum atomic E-state index is 14.6. The van der Waals surface area contributed by atoms with Crippen molar-refractivity contribution in [1.82, 2.24) is 35.1 Å². The first-order chi connectivity index (χ1) is 20.7. The summed E-state index contributed by atoms with van der Waals surface area (Å²) in [6, 6.07) is 10.0. The minimum atomic E-state index is -3.20. The van der Waals surface area contributed by atoms with E-state index in [1.54, 1.807) is 30.9 Å². The van der Waals surface area contributed by atoms with Crippen LogP contribution in [0.2, 0.25) is 0 Å². The maximum absolute atomic E-state index is 14.6. The van der Waals surface area contributed by atoms with Crippen LogP contribution in [0.25, 0.3) is 56.0 Å². The average Bonchev–Trinajstić information content (AvgIpc) is 3.61. The van der Waals surface area contributed by atoms with E-state index in [9.17, 15) is 17.6 Å². The molecule has 0 atom stereocenters. The zero-order valence-electron chi connectivity index (χ0n) is 22.9. The molecule has 1 aliphatic carbocycles. The van der Waals surface area contributed by atoms with Crippen LogP contribution < -0.4 is 5.32 Å². The highest BCUT2D eigenvalue weighted by Gasteiger charge is 2.29. The van der Waals surface area contributed by atoms with E-state index < -0.39 is 15.7 Å². The van der Waals surface area contributed by atoms with Gasteiger partial charge >= 0.3 is 0 Å². The van der Waals surface area contributed by atoms with Gasteiger partial charge in [-0.1, -0.05) is 6.07 Å². The van der Waals surface area contributed by atoms with E-state index in [4.69, 9.17) is 9.97 Å². The highest BCUT2D eigenvalue weighted by atomic mass is 32.2. The number of aromatic nitrogens is 7. The number of sulfone groups is 1. The molecule has 0 aliphatic heterocycles. The second-order valence-corrected chi connectivity index (χ2v) is 13.0. The molecular weight excluding hydrogens is 571 g/mol. The number of aromatic amines is 2. The van der Waals surface area contributed by atoms with Gasteiger partial charge in [-0.2, -0.15) is 5.10 Å². The molecular formula is C30H25FN8O3S. The fourth-order valence-electron chi connectivity index (χ4n) is 4.97. The normalized spacial score (nSPS) is 13.5. The van der Waals surface area contributed by atoms with Crippen LogP contribution >= 0.6 is 0 Å². The van der Waals surface area contributed by atoms with Crippen LogP contribution in [0, 0.1) is 11.7 Å². The summed E-state index contributed by atoms with van der Waals surface area (Å²) in [5.41, 5.74) is 6.60. The highest BCUT2D eigenvalue weighted by Crippen LogP contribution is 2.33. The second-order valence-electron chi connectivity index (χ2n) is 10.8. The predicted molar refractivity (Wildman–Crippen MR) is 160 cm³/mol. The Morgan fingerprint density at radius 1 is 0.977 bits per heavy atom. The number of hydrogen-bond acceptors (Lipinski definition) is 8. The third-order valence-corrected chi connectivity index (χ3v) is 8.25. The van der Waals surface area contributed by atoms with Crippen molar-refractivity contribution in [3.8, 4) is 33.9 Å². The Hall–Kier alpha value is -5.04. The number of nitrogens with zero attached hydrogens (tertiary/aromatic N) is 5. The molecule has 7 rings (SSSR count). The molecule has 3 N–H and O–H groups in total. The number of nitrogens with one attached hydrogen (secondary N) is 3. The summed E-state index contributed by atoms with van der Waals surface area (Å²) < 4.78 is 37.9. The SMILES string of the molecule is CS(=O)(=O)CCc1cc(F)cc(-c2cncc3[nH]c(-c4n[nH]c5ccc(-c6cncc(NC(=O)C7CC7)c6)nc45)nc23)c1. The lowest BCUT2D eigenvalue weighted by Crippen LogP contribution is -2.13. The quantitative estimate of drug-likeness (QED) is 0.228. The van der Waals surface area contributed by atoms with Gasteiger partial charge in [0.2, 0.25) is 5.91 Å². The summed E-state index contributed by atoms with van der Waals surface area (Å²) in [7, 11) is -3.20. The van der Waals surface area contributed by atoms with Crippen molar-refractivity contribution in [3.05, 3.63) is 72.6 Å². The number of carbonyl (C=O) groups is 1. The van der Waals surface area contributed by atoms with Gasteiger partial charge in [-0.05, 0) is 60.7 Å². The van der Waals surface area contributed by atoms with E-state index in [0.717, 1.165) is 24.7 Å². The number of hydrogen-bond donors (Lipinski definition) is 3. The zero-order valence-corrected chi connectivity index (χ0v) is 23.7. The van der Waals surface area contributed by atoms with Crippen LogP contribution in [0.4, 0.5) is 10.1 Å². The summed E-state index contributed by atoms with van der Waals surface area (Å²) in [4.78, 5) is 33.7. The number of benzene rings is 1. The summed E-state index contributed by atoms with van der Waals surface area (Å²) in [5.74, 6) is -0.0378. The zero-order chi connectivity index (χ0) is 29.7. The molecule has 216 valence electrons. The van der Waals surface area contributed by atoms with Gasteiger partial charge in [0.15, 0.2) is 11.5 Å². The first kappa shape index (κ1) is 26.8. The minimum Gasteiger partial charge on any atom is -0.335 e. The number of halogens is 1. The first-order valence-corrected chi connectivity index (χ1v) is 15.7. The molecule has 0 unspecified atom stereocenters. The molecule has 0 spiro atoms. The number of H-pyrrole nitrogens is 2. The molecule has 1 fully saturated rings. The highest BCUT2D eigenvalue weighted by molar-refractivity contribution is 7.90. The second kappa shape index (κ2) is 10.3. The molecule has 0 bridgehead atoms. The lowest BCUT2D eigenvalue weighted by Gasteiger charge is -2.07. The third kappa shape index (κ3) is 5.58. The van der Waals surface area contributed by atoms with Gasteiger partial charge in [0.05, 0.1) is 46.1 Å². The number of amides is 1. The predicted octanol–water partition coefficient (Wildman–Crippen LogP) is 4.70. The van der Waals surface area contributed by atoms with E-state index in [1.807, 2.05) is 18.2 Å². The number of carbonyl (C=O) groups excluding carboxylic acids is 1. The summed E-state index contributed by atoms with van der Waals surface area (Å²) in [5, 5.41) is 10.4. The topological polar surface area (TPSA) is 159 Å². The number of anilines is 1. The number of aryl methyl sites for hydroxylation is 1. The third-order valence-electron chi connectivity index (χ3n) is 7.31. The van der Waals surface area contributed by atoms with Gasteiger partial charge in [-0.3, -0.25) is 19.9 Å². The van der Waals surface area contributed by atoms with Gasteiger partial charge in [0.25, 0.3) is 0 Å². The molecule has 5 aromatic heterocycles. The Kier molecular flexibility index (Phi) is 6.46. The largest absolute Gasteiger partial charge is 0.335 e. The summed E-state index contributed by atoms with van der Waals surface area (Å²) in [6.07, 6.45) is 9.69. The van der Waals surface area contributed by atoms with Gasteiger partial charge in [-0.15, -0.1) is 0 Å². The average molecular weight is 597 g/mol. The molecule has 1 aliphatic rings. The number of imidazole rings is 1. The van der Waals surface area contributed by atoms with Crippen molar-refractivity contribution >= 4 is 43.5 Å². The summed E-state index contributed by atoms with van der Waals surface area (Å²) >= 11 is 0. The van der Waals surface area contributed by atoms with Crippen molar-refractivity contribution in [2.75, 3.05) is 17.3 Å². The van der Waals surface area contributed by atoms with Crippen LogP contribution in [-0.4, -0.2) is 61.5 Å². The van der Waals surface area contributed by atoms with Gasteiger partial charge < -0.3 is 10.3 Å². The lowest BCUT2D eigenvalue weighted by molar-refractivity contribution is -0.117. The van der Waals surface area contributed by atoms with Crippen LogP contribution in [0.3, 0.4) is 0 Å². The van der Waals surface area contributed by atoms with Crippen molar-refractivity contribution in [1.29, 1.82) is 0 Å². The van der Waals surface area contributed by atoms with E-state index in [0.29, 0.717) is 61.7 Å². The molecule has 6 aromatic rings. The Bertz CT molecular complexity index is 2150. The molecule has 11 nitrogen and oxygen atoms in total. The Balaban J connectivity index is 1.25. The van der Waals surface area contributed by atoms with Gasteiger partial charge in [0.1, 0.15) is 21.2 Å². The molecule has 43 heavy (non-hydrogen) atoms. The Morgan fingerprint density at radius 3 is 2.63 bits per heavy atom. The van der Waals surface area contributed by atoms with Gasteiger partial charge in [0, 0.05) is 35.7 Å².